The van der Waals surface area contributed by atoms with Gasteiger partial charge in [0.2, 0.25) is 11.8 Å². The summed E-state index contributed by atoms with van der Waals surface area (Å²) in [5, 5.41) is 15.0. The Bertz CT molecular complexity index is 460. The van der Waals surface area contributed by atoms with Gasteiger partial charge in [-0.25, -0.2) is 4.79 Å². The third-order valence-corrected chi connectivity index (χ3v) is 4.52. The molecule has 0 aromatic heterocycles. The number of carbonyl (C=O) groups excluding carboxylic acids is 2. The van der Waals surface area contributed by atoms with E-state index < -0.39 is 18.1 Å². The molecule has 2 rings (SSSR count). The fraction of sp³-hybridized carbons (Fsp3) is 0.812. The summed E-state index contributed by atoms with van der Waals surface area (Å²) in [5.74, 6) is -1.24. The number of carboxylic acid groups (broad SMARTS) is 1. The third-order valence-electron chi connectivity index (χ3n) is 4.52. The van der Waals surface area contributed by atoms with Gasteiger partial charge in [0.1, 0.15) is 12.1 Å². The van der Waals surface area contributed by atoms with Crippen LogP contribution >= 0.6 is 0 Å². The molecule has 0 radical (unpaired) electrons. The van der Waals surface area contributed by atoms with Crippen LogP contribution in [-0.2, 0) is 14.4 Å². The Hall–Kier alpha value is -1.63. The lowest BCUT2D eigenvalue weighted by molar-refractivity contribution is -0.144. The van der Waals surface area contributed by atoms with Gasteiger partial charge >= 0.3 is 5.97 Å². The fourth-order valence-corrected chi connectivity index (χ4v) is 3.36. The van der Waals surface area contributed by atoms with E-state index in [0.29, 0.717) is 19.4 Å². The largest absolute Gasteiger partial charge is 0.480 e. The van der Waals surface area contributed by atoms with Crippen LogP contribution in [0.25, 0.3) is 0 Å². The fourth-order valence-electron chi connectivity index (χ4n) is 3.36. The number of hydrogen-bond acceptors (Lipinski definition) is 4. The van der Waals surface area contributed by atoms with Crippen LogP contribution in [0, 0.1) is 5.92 Å². The van der Waals surface area contributed by atoms with Gasteiger partial charge in [-0.1, -0.05) is 13.8 Å². The minimum Gasteiger partial charge on any atom is -0.480 e. The number of amides is 2. The van der Waals surface area contributed by atoms with Gasteiger partial charge in [0.25, 0.3) is 0 Å². The summed E-state index contributed by atoms with van der Waals surface area (Å²) in [5.41, 5.74) is 0. The molecule has 2 fully saturated rings. The number of carbonyl (C=O) groups is 3. The number of rotatable bonds is 6. The Morgan fingerprint density at radius 2 is 2.00 bits per heavy atom. The summed E-state index contributed by atoms with van der Waals surface area (Å²) in [4.78, 5) is 37.9. The number of carboxylic acids is 1. The van der Waals surface area contributed by atoms with Gasteiger partial charge in [0.15, 0.2) is 0 Å². The molecule has 3 atom stereocenters. The molecule has 2 aliphatic rings. The predicted molar refractivity (Wildman–Crippen MR) is 84.8 cm³/mol. The number of hydrogen-bond donors (Lipinski definition) is 3. The first-order valence-electron chi connectivity index (χ1n) is 8.47. The van der Waals surface area contributed by atoms with Crippen molar-refractivity contribution in [2.75, 3.05) is 13.1 Å². The molecule has 2 aliphatic heterocycles. The number of nitrogens with zero attached hydrogens (tertiary/aromatic N) is 1. The maximum Gasteiger partial charge on any atom is 0.326 e. The van der Waals surface area contributed by atoms with Gasteiger partial charge in [-0.2, -0.15) is 0 Å². The molecule has 130 valence electrons. The van der Waals surface area contributed by atoms with Crippen molar-refractivity contribution in [1.29, 1.82) is 0 Å². The van der Waals surface area contributed by atoms with Crippen molar-refractivity contribution in [3.63, 3.8) is 0 Å². The molecule has 2 heterocycles. The molecule has 0 unspecified atom stereocenters. The standard InChI is InChI=1S/C16H27N3O4/c1-10(2)9-12(16(22)23)18-14(20)13-6-4-8-19(13)15(21)11-5-3-7-17-11/h10-13,17H,3-9H2,1-2H3,(H,18,20)(H,22,23)/t11-,12-,13-/m0/s1. The second-order valence-electron chi connectivity index (χ2n) is 6.87. The van der Waals surface area contributed by atoms with E-state index in [1.54, 1.807) is 4.90 Å². The van der Waals surface area contributed by atoms with Crippen molar-refractivity contribution in [3.05, 3.63) is 0 Å². The molecule has 0 saturated carbocycles. The summed E-state index contributed by atoms with van der Waals surface area (Å²) in [6, 6.07) is -1.64. The SMILES string of the molecule is CC(C)C[C@H](NC(=O)[C@@H]1CCCN1C(=O)[C@@H]1CCCN1)C(=O)O. The summed E-state index contributed by atoms with van der Waals surface area (Å²) in [6.07, 6.45) is 3.52. The normalized spacial score (nSPS) is 25.6. The van der Waals surface area contributed by atoms with Gasteiger partial charge in [-0.3, -0.25) is 9.59 Å². The third kappa shape index (κ3) is 4.43. The Balaban J connectivity index is 1.99. The van der Waals surface area contributed by atoms with Gasteiger partial charge in [-0.05, 0) is 44.6 Å². The molecule has 0 bridgehead atoms. The molecule has 2 saturated heterocycles. The van der Waals surface area contributed by atoms with Crippen LogP contribution in [0.3, 0.4) is 0 Å². The number of aliphatic carboxylic acids is 1. The molecule has 0 aliphatic carbocycles. The molecule has 2 amide bonds. The van der Waals surface area contributed by atoms with Crippen LogP contribution in [0.4, 0.5) is 0 Å². The maximum absolute atomic E-state index is 12.5. The molecule has 3 N–H and O–H groups in total. The van der Waals surface area contributed by atoms with Crippen LogP contribution in [-0.4, -0.2) is 59.0 Å². The average Bonchev–Trinajstić information content (AvgIpc) is 3.16. The quantitative estimate of drug-likeness (QED) is 0.654. The summed E-state index contributed by atoms with van der Waals surface area (Å²) in [6.45, 7) is 5.23. The van der Waals surface area contributed by atoms with Crippen molar-refractivity contribution in [3.8, 4) is 0 Å². The highest BCUT2D eigenvalue weighted by Gasteiger charge is 2.38. The van der Waals surface area contributed by atoms with E-state index in [4.69, 9.17) is 0 Å². The van der Waals surface area contributed by atoms with E-state index >= 15 is 0 Å². The van der Waals surface area contributed by atoms with E-state index in [9.17, 15) is 19.5 Å². The van der Waals surface area contributed by atoms with Crippen molar-refractivity contribution in [2.24, 2.45) is 5.92 Å². The van der Waals surface area contributed by atoms with Crippen molar-refractivity contribution in [2.45, 2.75) is 64.1 Å². The predicted octanol–water partition coefficient (Wildman–Crippen LogP) is 0.345. The van der Waals surface area contributed by atoms with Crippen LogP contribution in [0.15, 0.2) is 0 Å². The lowest BCUT2D eigenvalue weighted by Gasteiger charge is -2.28. The van der Waals surface area contributed by atoms with E-state index in [1.807, 2.05) is 13.8 Å². The first-order valence-corrected chi connectivity index (χ1v) is 8.47. The minimum absolute atomic E-state index is 0.0316. The Labute approximate surface area is 136 Å². The van der Waals surface area contributed by atoms with Gasteiger partial charge in [0, 0.05) is 6.54 Å². The molecule has 0 aromatic carbocycles. The Morgan fingerprint density at radius 3 is 2.57 bits per heavy atom. The molecular formula is C16H27N3O4. The van der Waals surface area contributed by atoms with E-state index in [2.05, 4.69) is 10.6 Å². The van der Waals surface area contributed by atoms with E-state index in [-0.39, 0.29) is 23.8 Å². The number of nitrogens with one attached hydrogen (secondary N) is 2. The molecule has 0 aromatic rings. The summed E-state index contributed by atoms with van der Waals surface area (Å²) >= 11 is 0. The van der Waals surface area contributed by atoms with Gasteiger partial charge in [-0.15, -0.1) is 0 Å². The average molecular weight is 325 g/mol. The highest BCUT2D eigenvalue weighted by atomic mass is 16.4. The smallest absolute Gasteiger partial charge is 0.326 e. The monoisotopic (exact) mass is 325 g/mol. The first-order chi connectivity index (χ1) is 10.9. The van der Waals surface area contributed by atoms with Crippen LogP contribution in [0.5, 0.6) is 0 Å². The second-order valence-corrected chi connectivity index (χ2v) is 6.87. The molecule has 23 heavy (non-hydrogen) atoms. The van der Waals surface area contributed by atoms with E-state index in [1.165, 1.54) is 0 Å². The van der Waals surface area contributed by atoms with Crippen LogP contribution in [0.2, 0.25) is 0 Å². The topological polar surface area (TPSA) is 98.7 Å². The zero-order chi connectivity index (χ0) is 17.0. The lowest BCUT2D eigenvalue weighted by Crippen LogP contribution is -2.53. The second kappa shape index (κ2) is 7.77. The highest BCUT2D eigenvalue weighted by Crippen LogP contribution is 2.21. The molecule has 0 spiro atoms. The summed E-state index contributed by atoms with van der Waals surface area (Å²) < 4.78 is 0. The zero-order valence-corrected chi connectivity index (χ0v) is 13.9. The lowest BCUT2D eigenvalue weighted by atomic mass is 10.0. The van der Waals surface area contributed by atoms with Gasteiger partial charge < -0.3 is 20.6 Å². The van der Waals surface area contributed by atoms with Crippen molar-refractivity contribution in [1.82, 2.24) is 15.5 Å². The van der Waals surface area contributed by atoms with Crippen LogP contribution in [0.1, 0.15) is 46.0 Å². The molecule has 7 heteroatoms. The van der Waals surface area contributed by atoms with Crippen molar-refractivity contribution < 1.29 is 19.5 Å². The van der Waals surface area contributed by atoms with Gasteiger partial charge in [0.05, 0.1) is 6.04 Å². The van der Waals surface area contributed by atoms with Crippen LogP contribution < -0.4 is 10.6 Å². The Morgan fingerprint density at radius 1 is 1.26 bits per heavy atom. The van der Waals surface area contributed by atoms with Crippen molar-refractivity contribution >= 4 is 17.8 Å². The first kappa shape index (κ1) is 17.7. The maximum atomic E-state index is 12.5. The zero-order valence-electron chi connectivity index (χ0n) is 13.9. The molecule has 7 nitrogen and oxygen atoms in total. The Kier molecular flexibility index (Phi) is 5.98. The van der Waals surface area contributed by atoms with E-state index in [0.717, 1.165) is 25.8 Å². The number of likely N-dealkylation sites (tertiary alicyclic amines) is 1. The summed E-state index contributed by atoms with van der Waals surface area (Å²) in [7, 11) is 0. The molecular weight excluding hydrogens is 298 g/mol. The minimum atomic E-state index is -1.03. The highest BCUT2D eigenvalue weighted by molar-refractivity contribution is 5.92.